The van der Waals surface area contributed by atoms with E-state index in [1.807, 2.05) is 36.4 Å². The molecule has 37 heavy (non-hydrogen) atoms. The zero-order chi connectivity index (χ0) is 26.0. The number of hydrogen-bond donors (Lipinski definition) is 1. The number of hydrogen-bond acceptors (Lipinski definition) is 3. The van der Waals surface area contributed by atoms with Gasteiger partial charge in [-0.3, -0.25) is 9.69 Å². The number of carbonyl (C=O) groups excluding carboxylic acids is 1. The molecule has 0 spiro atoms. The molecule has 1 saturated heterocycles. The summed E-state index contributed by atoms with van der Waals surface area (Å²) >= 11 is 0. The minimum Gasteiger partial charge on any atom is -0.508 e. The summed E-state index contributed by atoms with van der Waals surface area (Å²) in [6.07, 6.45) is 6.06. The van der Waals surface area contributed by atoms with Gasteiger partial charge in [0.15, 0.2) is 0 Å². The molecule has 0 radical (unpaired) electrons. The maximum atomic E-state index is 14.1. The third-order valence-electron chi connectivity index (χ3n) is 8.65. The zero-order valence-corrected chi connectivity index (χ0v) is 22.3. The smallest absolute Gasteiger partial charge is 0.254 e. The van der Waals surface area contributed by atoms with E-state index in [0.29, 0.717) is 17.6 Å². The summed E-state index contributed by atoms with van der Waals surface area (Å²) in [5.74, 6) is 1.34. The standard InChI is InChI=1S/C33H40N2O2/c1-4-17-34-18-16-33(28-10-7-11-31(36)20-28)21-30(15-14-29(33)23-34)35(22-24(2)3)32(37)27-13-12-25-8-5-6-9-26(25)19-27/h4-13,19-20,24,29-30,36H,1,14-18,21-23H2,2-3H3/t29-,30-,33+/m1/s1. The molecule has 4 heteroatoms. The van der Waals surface area contributed by atoms with Crippen molar-refractivity contribution in [1.29, 1.82) is 0 Å². The number of amides is 1. The molecular formula is C33H40N2O2. The van der Waals surface area contributed by atoms with Gasteiger partial charge in [-0.25, -0.2) is 0 Å². The lowest BCUT2D eigenvalue weighted by atomic mass is 9.57. The number of phenolic OH excluding ortho intramolecular Hbond substituents is 1. The van der Waals surface area contributed by atoms with Gasteiger partial charge in [0.2, 0.25) is 0 Å². The van der Waals surface area contributed by atoms with E-state index in [1.165, 1.54) is 5.56 Å². The molecule has 3 aromatic carbocycles. The highest BCUT2D eigenvalue weighted by molar-refractivity contribution is 5.98. The van der Waals surface area contributed by atoms with Crippen molar-refractivity contribution in [3.8, 4) is 5.75 Å². The monoisotopic (exact) mass is 496 g/mol. The van der Waals surface area contributed by atoms with Crippen molar-refractivity contribution in [2.75, 3.05) is 26.2 Å². The van der Waals surface area contributed by atoms with Crippen molar-refractivity contribution < 1.29 is 9.90 Å². The molecule has 3 atom stereocenters. The molecule has 1 aliphatic carbocycles. The van der Waals surface area contributed by atoms with Crippen LogP contribution in [0.15, 0.2) is 79.4 Å². The SMILES string of the molecule is C=CCN1CC[C@@]2(c3cccc(O)c3)C[C@H](N(CC(C)C)C(=O)c3ccc4ccccc4c3)CC[C@@H]2C1. The Hall–Kier alpha value is -3.11. The summed E-state index contributed by atoms with van der Waals surface area (Å²) in [6.45, 7) is 12.1. The molecule has 1 heterocycles. The molecule has 2 aliphatic rings. The second kappa shape index (κ2) is 10.7. The Kier molecular flexibility index (Phi) is 7.39. The molecule has 5 rings (SSSR count). The Morgan fingerprint density at radius 1 is 1.11 bits per heavy atom. The van der Waals surface area contributed by atoms with Crippen LogP contribution in [0.5, 0.6) is 5.75 Å². The number of benzene rings is 3. The van der Waals surface area contributed by atoms with Crippen LogP contribution >= 0.6 is 0 Å². The van der Waals surface area contributed by atoms with Crippen molar-refractivity contribution in [2.45, 2.75) is 51.0 Å². The van der Waals surface area contributed by atoms with Gasteiger partial charge >= 0.3 is 0 Å². The highest BCUT2D eigenvalue weighted by Gasteiger charge is 2.49. The fourth-order valence-corrected chi connectivity index (χ4v) is 6.90. The molecule has 2 fully saturated rings. The van der Waals surface area contributed by atoms with Crippen LogP contribution in [0.4, 0.5) is 0 Å². The van der Waals surface area contributed by atoms with Gasteiger partial charge in [-0.2, -0.15) is 0 Å². The van der Waals surface area contributed by atoms with Gasteiger partial charge in [-0.05, 0) is 84.7 Å². The van der Waals surface area contributed by atoms with E-state index in [4.69, 9.17) is 0 Å². The van der Waals surface area contributed by atoms with Crippen LogP contribution in [0, 0.1) is 11.8 Å². The Balaban J connectivity index is 1.49. The van der Waals surface area contributed by atoms with E-state index in [0.717, 1.165) is 68.2 Å². The summed E-state index contributed by atoms with van der Waals surface area (Å²) < 4.78 is 0. The Labute approximate surface area is 221 Å². The summed E-state index contributed by atoms with van der Waals surface area (Å²) in [5.41, 5.74) is 1.95. The largest absolute Gasteiger partial charge is 0.508 e. The second-order valence-electron chi connectivity index (χ2n) is 11.6. The number of likely N-dealkylation sites (tertiary alicyclic amines) is 1. The van der Waals surface area contributed by atoms with Crippen LogP contribution in [0.1, 0.15) is 55.5 Å². The lowest BCUT2D eigenvalue weighted by Gasteiger charge is -2.54. The van der Waals surface area contributed by atoms with Crippen LogP contribution in [-0.2, 0) is 5.41 Å². The predicted molar refractivity (Wildman–Crippen MR) is 152 cm³/mol. The van der Waals surface area contributed by atoms with Gasteiger partial charge in [0.1, 0.15) is 5.75 Å². The van der Waals surface area contributed by atoms with Crippen LogP contribution in [0.2, 0.25) is 0 Å². The molecule has 0 unspecified atom stereocenters. The van der Waals surface area contributed by atoms with Crippen LogP contribution in [0.25, 0.3) is 10.8 Å². The van der Waals surface area contributed by atoms with E-state index in [9.17, 15) is 9.90 Å². The minimum absolute atomic E-state index is 0.0434. The molecule has 0 aromatic heterocycles. The Morgan fingerprint density at radius 2 is 1.92 bits per heavy atom. The van der Waals surface area contributed by atoms with Crippen molar-refractivity contribution in [3.63, 3.8) is 0 Å². The molecule has 0 bridgehead atoms. The first-order valence-corrected chi connectivity index (χ1v) is 13.8. The van der Waals surface area contributed by atoms with Gasteiger partial charge in [-0.1, -0.05) is 62.4 Å². The third kappa shape index (κ3) is 5.17. The van der Waals surface area contributed by atoms with Crippen molar-refractivity contribution >= 4 is 16.7 Å². The number of phenols is 1. The zero-order valence-electron chi connectivity index (χ0n) is 22.3. The van der Waals surface area contributed by atoms with Crippen molar-refractivity contribution in [2.24, 2.45) is 11.8 Å². The molecule has 1 saturated carbocycles. The van der Waals surface area contributed by atoms with E-state index in [1.54, 1.807) is 6.07 Å². The Morgan fingerprint density at radius 3 is 2.68 bits per heavy atom. The first kappa shape index (κ1) is 25.5. The number of carbonyl (C=O) groups is 1. The fourth-order valence-electron chi connectivity index (χ4n) is 6.90. The molecule has 1 aliphatic heterocycles. The Bertz CT molecular complexity index is 1270. The maximum Gasteiger partial charge on any atom is 0.254 e. The predicted octanol–water partition coefficient (Wildman–Crippen LogP) is 6.64. The van der Waals surface area contributed by atoms with Crippen LogP contribution in [0.3, 0.4) is 0 Å². The van der Waals surface area contributed by atoms with E-state index in [2.05, 4.69) is 60.6 Å². The summed E-state index contributed by atoms with van der Waals surface area (Å²) in [4.78, 5) is 18.8. The number of nitrogens with zero attached hydrogens (tertiary/aromatic N) is 2. The maximum absolute atomic E-state index is 14.1. The van der Waals surface area contributed by atoms with Crippen molar-refractivity contribution in [1.82, 2.24) is 9.80 Å². The second-order valence-corrected chi connectivity index (χ2v) is 11.6. The van der Waals surface area contributed by atoms with E-state index < -0.39 is 0 Å². The average molecular weight is 497 g/mol. The number of piperidine rings is 1. The highest BCUT2D eigenvalue weighted by atomic mass is 16.3. The molecule has 1 amide bonds. The fraction of sp³-hybridized carbons (Fsp3) is 0.424. The van der Waals surface area contributed by atoms with Crippen molar-refractivity contribution in [3.05, 3.63) is 90.5 Å². The molecular weight excluding hydrogens is 456 g/mol. The average Bonchev–Trinajstić information content (AvgIpc) is 2.91. The van der Waals surface area contributed by atoms with E-state index in [-0.39, 0.29) is 17.4 Å². The first-order valence-electron chi connectivity index (χ1n) is 13.8. The van der Waals surface area contributed by atoms with Gasteiger partial charge in [0.05, 0.1) is 0 Å². The number of rotatable bonds is 7. The molecule has 3 aromatic rings. The molecule has 1 N–H and O–H groups in total. The normalized spacial score (nSPS) is 24.1. The van der Waals surface area contributed by atoms with Gasteiger partial charge in [0.25, 0.3) is 5.91 Å². The minimum atomic E-state index is -0.0434. The topological polar surface area (TPSA) is 43.8 Å². The molecule has 194 valence electrons. The first-order chi connectivity index (χ1) is 17.9. The summed E-state index contributed by atoms with van der Waals surface area (Å²) in [7, 11) is 0. The summed E-state index contributed by atoms with van der Waals surface area (Å²) in [6, 6.07) is 22.4. The van der Waals surface area contributed by atoms with Crippen LogP contribution in [-0.4, -0.2) is 53.0 Å². The quantitative estimate of drug-likeness (QED) is 0.373. The highest BCUT2D eigenvalue weighted by Crippen LogP contribution is 2.50. The number of aromatic hydroxyl groups is 1. The van der Waals surface area contributed by atoms with Gasteiger partial charge in [-0.15, -0.1) is 6.58 Å². The summed E-state index contributed by atoms with van der Waals surface area (Å²) in [5, 5.41) is 12.7. The lowest BCUT2D eigenvalue weighted by molar-refractivity contribution is 0.0138. The lowest BCUT2D eigenvalue weighted by Crippen LogP contribution is -2.57. The third-order valence-corrected chi connectivity index (χ3v) is 8.65. The van der Waals surface area contributed by atoms with E-state index >= 15 is 0 Å². The van der Waals surface area contributed by atoms with Gasteiger partial charge < -0.3 is 10.0 Å². The van der Waals surface area contributed by atoms with Crippen LogP contribution < -0.4 is 0 Å². The van der Waals surface area contributed by atoms with Gasteiger partial charge in [0, 0.05) is 36.7 Å². The number of fused-ring (bicyclic) bond motifs is 2. The molecule has 4 nitrogen and oxygen atoms in total.